The van der Waals surface area contributed by atoms with Crippen LogP contribution in [0.5, 0.6) is 0 Å². The Bertz CT molecular complexity index is 801. The molecule has 0 saturated heterocycles. The maximum atomic E-state index is 12.6. The number of imidazole rings is 1. The van der Waals surface area contributed by atoms with E-state index in [-0.39, 0.29) is 24.0 Å². The molecule has 3 N–H and O–H groups in total. The number of nitriles is 1. The second kappa shape index (κ2) is 9.85. The average molecular weight is 382 g/mol. The lowest BCUT2D eigenvalue weighted by Crippen LogP contribution is -2.45. The van der Waals surface area contributed by atoms with E-state index in [1.165, 1.54) is 0 Å². The summed E-state index contributed by atoms with van der Waals surface area (Å²) >= 11 is 0. The first-order valence-electron chi connectivity index (χ1n) is 9.70. The molecule has 2 aromatic heterocycles. The van der Waals surface area contributed by atoms with Gasteiger partial charge in [0, 0.05) is 31.1 Å². The second-order valence-electron chi connectivity index (χ2n) is 6.94. The van der Waals surface area contributed by atoms with Crippen molar-refractivity contribution in [3.05, 3.63) is 42.1 Å². The minimum absolute atomic E-state index is 0.0164. The number of anilines is 1. The zero-order chi connectivity index (χ0) is 19.8. The van der Waals surface area contributed by atoms with E-state index < -0.39 is 0 Å². The normalized spacial score (nSPS) is 21.6. The Labute approximate surface area is 164 Å². The van der Waals surface area contributed by atoms with E-state index in [0.717, 1.165) is 25.1 Å². The predicted octanol–water partition coefficient (Wildman–Crippen LogP) is 2.37. The fourth-order valence-electron chi connectivity index (χ4n) is 3.48. The Hall–Kier alpha value is -2.92. The summed E-state index contributed by atoms with van der Waals surface area (Å²) in [6.45, 7) is 3.09. The Morgan fingerprint density at radius 1 is 1.39 bits per heavy atom. The SMILES string of the molecule is CCCO[C@@H]1C[C@@H](C(=O)NCc2ncc[nH]2)CC[C@H]1Nc1ncccc1C#N. The molecule has 1 amide bonds. The van der Waals surface area contributed by atoms with Gasteiger partial charge in [-0.3, -0.25) is 4.79 Å². The first-order chi connectivity index (χ1) is 13.7. The third-order valence-electron chi connectivity index (χ3n) is 4.93. The summed E-state index contributed by atoms with van der Waals surface area (Å²) in [5.74, 6) is 1.23. The fraction of sp³-hybridized carbons (Fsp3) is 0.500. The molecule has 1 aliphatic rings. The molecule has 0 unspecified atom stereocenters. The van der Waals surface area contributed by atoms with Crippen LogP contribution in [0.2, 0.25) is 0 Å². The maximum Gasteiger partial charge on any atom is 0.223 e. The highest BCUT2D eigenvalue weighted by molar-refractivity contribution is 5.78. The molecule has 0 aromatic carbocycles. The van der Waals surface area contributed by atoms with Crippen molar-refractivity contribution in [1.82, 2.24) is 20.3 Å². The molecular weight excluding hydrogens is 356 g/mol. The standard InChI is InChI=1S/C20H26N6O2/c1-2-10-28-17-11-14(20(27)25-13-18-22-8-9-23-18)5-6-16(17)26-19-15(12-21)4-3-7-24-19/h3-4,7-9,14,16-17H,2,5-6,10-11,13H2,1H3,(H,22,23)(H,24,26)(H,25,27)/t14-,16+,17+/m0/s1. The van der Waals surface area contributed by atoms with Gasteiger partial charge < -0.3 is 20.4 Å². The van der Waals surface area contributed by atoms with E-state index in [2.05, 4.69) is 38.6 Å². The minimum Gasteiger partial charge on any atom is -0.376 e. The van der Waals surface area contributed by atoms with Crippen LogP contribution in [0, 0.1) is 17.2 Å². The van der Waals surface area contributed by atoms with E-state index in [0.29, 0.717) is 31.0 Å². The lowest BCUT2D eigenvalue weighted by Gasteiger charge is -2.36. The summed E-state index contributed by atoms with van der Waals surface area (Å²) in [5, 5.41) is 15.6. The number of nitrogens with zero attached hydrogens (tertiary/aromatic N) is 3. The number of nitrogens with one attached hydrogen (secondary N) is 3. The summed E-state index contributed by atoms with van der Waals surface area (Å²) in [4.78, 5) is 24.0. The molecule has 3 atom stereocenters. The molecule has 0 bridgehead atoms. The number of aromatic amines is 1. The number of rotatable bonds is 8. The summed E-state index contributed by atoms with van der Waals surface area (Å²) < 4.78 is 6.05. The van der Waals surface area contributed by atoms with Gasteiger partial charge in [0.1, 0.15) is 17.7 Å². The smallest absolute Gasteiger partial charge is 0.223 e. The number of carbonyl (C=O) groups excluding carboxylic acids is 1. The van der Waals surface area contributed by atoms with Crippen LogP contribution in [0.15, 0.2) is 30.7 Å². The molecule has 1 fully saturated rings. The van der Waals surface area contributed by atoms with Crippen LogP contribution in [0.1, 0.15) is 44.0 Å². The molecule has 1 aliphatic carbocycles. The van der Waals surface area contributed by atoms with Crippen LogP contribution in [-0.2, 0) is 16.1 Å². The zero-order valence-electron chi connectivity index (χ0n) is 16.0. The quantitative estimate of drug-likeness (QED) is 0.645. The van der Waals surface area contributed by atoms with E-state index in [9.17, 15) is 10.1 Å². The number of ether oxygens (including phenoxy) is 1. The van der Waals surface area contributed by atoms with Gasteiger partial charge in [0.15, 0.2) is 0 Å². The monoisotopic (exact) mass is 382 g/mol. The molecule has 2 aromatic rings. The molecule has 1 saturated carbocycles. The van der Waals surface area contributed by atoms with Gasteiger partial charge in [-0.15, -0.1) is 0 Å². The Morgan fingerprint density at radius 3 is 3.04 bits per heavy atom. The maximum absolute atomic E-state index is 12.6. The zero-order valence-corrected chi connectivity index (χ0v) is 16.0. The highest BCUT2D eigenvalue weighted by Crippen LogP contribution is 2.29. The van der Waals surface area contributed by atoms with E-state index in [1.807, 2.05) is 0 Å². The van der Waals surface area contributed by atoms with Gasteiger partial charge in [0.05, 0.1) is 24.3 Å². The van der Waals surface area contributed by atoms with Crippen LogP contribution >= 0.6 is 0 Å². The average Bonchev–Trinajstić information content (AvgIpc) is 3.25. The van der Waals surface area contributed by atoms with Crippen molar-refractivity contribution in [1.29, 1.82) is 5.26 Å². The first-order valence-corrected chi connectivity index (χ1v) is 9.70. The number of hydrogen-bond acceptors (Lipinski definition) is 6. The lowest BCUT2D eigenvalue weighted by atomic mass is 9.83. The summed E-state index contributed by atoms with van der Waals surface area (Å²) in [5.41, 5.74) is 0.509. The van der Waals surface area contributed by atoms with Crippen molar-refractivity contribution in [3.63, 3.8) is 0 Å². The molecule has 8 heteroatoms. The van der Waals surface area contributed by atoms with Gasteiger partial charge in [-0.1, -0.05) is 6.92 Å². The Kier molecular flexibility index (Phi) is 6.98. The first kappa shape index (κ1) is 19.8. The minimum atomic E-state index is -0.110. The number of pyridine rings is 1. The second-order valence-corrected chi connectivity index (χ2v) is 6.94. The Balaban J connectivity index is 1.62. The largest absolute Gasteiger partial charge is 0.376 e. The topological polar surface area (TPSA) is 116 Å². The fourth-order valence-corrected chi connectivity index (χ4v) is 3.48. The molecule has 0 spiro atoms. The number of carbonyl (C=O) groups is 1. The number of H-pyrrole nitrogens is 1. The molecule has 0 aliphatic heterocycles. The van der Waals surface area contributed by atoms with Crippen LogP contribution in [-0.4, -0.2) is 39.6 Å². The number of aromatic nitrogens is 3. The van der Waals surface area contributed by atoms with Crippen LogP contribution < -0.4 is 10.6 Å². The van der Waals surface area contributed by atoms with Crippen molar-refractivity contribution in [3.8, 4) is 6.07 Å². The molecule has 8 nitrogen and oxygen atoms in total. The van der Waals surface area contributed by atoms with Gasteiger partial charge in [-0.25, -0.2) is 9.97 Å². The van der Waals surface area contributed by atoms with Gasteiger partial charge in [-0.05, 0) is 37.8 Å². The molecule has 148 valence electrons. The molecule has 0 radical (unpaired) electrons. The van der Waals surface area contributed by atoms with E-state index >= 15 is 0 Å². The van der Waals surface area contributed by atoms with Crippen LogP contribution in [0.25, 0.3) is 0 Å². The number of hydrogen-bond donors (Lipinski definition) is 3. The third kappa shape index (κ3) is 5.08. The predicted molar refractivity (Wildman–Crippen MR) is 104 cm³/mol. The number of amides is 1. The highest BCUT2D eigenvalue weighted by Gasteiger charge is 2.35. The Morgan fingerprint density at radius 2 is 2.29 bits per heavy atom. The van der Waals surface area contributed by atoms with E-state index in [4.69, 9.17) is 4.74 Å². The summed E-state index contributed by atoms with van der Waals surface area (Å²) in [6.07, 6.45) is 8.03. The van der Waals surface area contributed by atoms with Gasteiger partial charge in [-0.2, -0.15) is 5.26 Å². The van der Waals surface area contributed by atoms with Crippen molar-refractivity contribution in [2.75, 3.05) is 11.9 Å². The van der Waals surface area contributed by atoms with Crippen molar-refractivity contribution in [2.45, 2.75) is 51.3 Å². The highest BCUT2D eigenvalue weighted by atomic mass is 16.5. The molecule has 2 heterocycles. The van der Waals surface area contributed by atoms with Crippen molar-refractivity contribution in [2.24, 2.45) is 5.92 Å². The van der Waals surface area contributed by atoms with Crippen LogP contribution in [0.4, 0.5) is 5.82 Å². The van der Waals surface area contributed by atoms with Gasteiger partial charge in [0.25, 0.3) is 0 Å². The van der Waals surface area contributed by atoms with Gasteiger partial charge in [0.2, 0.25) is 5.91 Å². The van der Waals surface area contributed by atoms with E-state index in [1.54, 1.807) is 30.7 Å². The van der Waals surface area contributed by atoms with Crippen LogP contribution in [0.3, 0.4) is 0 Å². The van der Waals surface area contributed by atoms with Crippen molar-refractivity contribution >= 4 is 11.7 Å². The molecule has 28 heavy (non-hydrogen) atoms. The summed E-state index contributed by atoms with van der Waals surface area (Å²) in [7, 11) is 0. The summed E-state index contributed by atoms with van der Waals surface area (Å²) in [6, 6.07) is 5.66. The van der Waals surface area contributed by atoms with Crippen molar-refractivity contribution < 1.29 is 9.53 Å². The van der Waals surface area contributed by atoms with Gasteiger partial charge >= 0.3 is 0 Å². The molecular formula is C20H26N6O2. The molecule has 3 rings (SSSR count). The lowest BCUT2D eigenvalue weighted by molar-refractivity contribution is -0.128. The third-order valence-corrected chi connectivity index (χ3v) is 4.93.